The molecule has 35 heavy (non-hydrogen) atoms. The molecule has 0 saturated carbocycles. The third kappa shape index (κ3) is 24.5. The largest absolute Gasteiger partial charge is 0.756 e. The normalized spacial score (nSPS) is 14.3. The van der Waals surface area contributed by atoms with Crippen LogP contribution in [0.2, 0.25) is 0 Å². The van der Waals surface area contributed by atoms with Crippen LogP contribution in [0.1, 0.15) is 96.8 Å². The Labute approximate surface area is 213 Å². The van der Waals surface area contributed by atoms with Crippen molar-refractivity contribution in [2.75, 3.05) is 47.5 Å². The summed E-state index contributed by atoms with van der Waals surface area (Å²) >= 11 is 0. The fourth-order valence-corrected chi connectivity index (χ4v) is 4.12. The Hall–Kier alpha value is -0.990. The smallest absolute Gasteiger partial charge is 0.305 e. The van der Waals surface area contributed by atoms with Crippen LogP contribution in [0.15, 0.2) is 0 Å². The Morgan fingerprint density at radius 3 is 1.86 bits per heavy atom. The first-order valence-electron chi connectivity index (χ1n) is 13.2. The highest BCUT2D eigenvalue weighted by atomic mass is 31.2. The van der Waals surface area contributed by atoms with Crippen LogP contribution in [0.3, 0.4) is 0 Å². The summed E-state index contributed by atoms with van der Waals surface area (Å²) in [5, 5.41) is 0. The molecule has 0 bridgehead atoms. The number of phosphoric ester groups is 1. The number of hydrogen-bond acceptors (Lipinski definition) is 8. The van der Waals surface area contributed by atoms with Crippen LogP contribution in [0, 0.1) is 0 Å². The van der Waals surface area contributed by atoms with Crippen LogP contribution in [-0.4, -0.2) is 70.5 Å². The lowest BCUT2D eigenvalue weighted by molar-refractivity contribution is -0.870. The summed E-state index contributed by atoms with van der Waals surface area (Å²) in [6.07, 6.45) is 15.2. The summed E-state index contributed by atoms with van der Waals surface area (Å²) in [5.41, 5.74) is 0. The van der Waals surface area contributed by atoms with E-state index in [2.05, 4.69) is 6.92 Å². The molecule has 0 spiro atoms. The van der Waals surface area contributed by atoms with Gasteiger partial charge >= 0.3 is 5.97 Å². The molecule has 208 valence electrons. The third-order valence-corrected chi connectivity index (χ3v) is 6.56. The summed E-state index contributed by atoms with van der Waals surface area (Å²) in [7, 11) is 1.17. The molecule has 0 radical (unpaired) electrons. The minimum atomic E-state index is -4.54. The van der Waals surface area contributed by atoms with Gasteiger partial charge in [0, 0.05) is 6.42 Å². The summed E-state index contributed by atoms with van der Waals surface area (Å²) in [6.45, 7) is 2.11. The van der Waals surface area contributed by atoms with Crippen molar-refractivity contribution < 1.29 is 42.1 Å². The lowest BCUT2D eigenvalue weighted by atomic mass is 10.0. The van der Waals surface area contributed by atoms with Crippen LogP contribution >= 0.6 is 7.82 Å². The number of carbonyl (C=O) groups is 2. The first-order chi connectivity index (χ1) is 16.6. The van der Waals surface area contributed by atoms with Gasteiger partial charge in [0.2, 0.25) is 0 Å². The van der Waals surface area contributed by atoms with E-state index in [1.54, 1.807) is 0 Å². The van der Waals surface area contributed by atoms with Gasteiger partial charge < -0.3 is 27.9 Å². The SMILES string of the molecule is CCCCCCCCCCCCCCCC(=O)OCC(COP(=O)([O-])OCC[N+](C)(C)C)OC=O. The van der Waals surface area contributed by atoms with E-state index in [1.165, 1.54) is 64.2 Å². The minimum Gasteiger partial charge on any atom is -0.756 e. The summed E-state index contributed by atoms with van der Waals surface area (Å²) in [6, 6.07) is 0. The number of carbonyl (C=O) groups excluding carboxylic acids is 2. The van der Waals surface area contributed by atoms with E-state index >= 15 is 0 Å². The number of nitrogens with zero attached hydrogens (tertiary/aromatic N) is 1. The minimum absolute atomic E-state index is 0.0302. The second kappa shape index (κ2) is 21.1. The third-order valence-electron chi connectivity index (χ3n) is 5.59. The molecule has 0 aromatic rings. The molecule has 0 N–H and O–H groups in total. The van der Waals surface area contributed by atoms with Crippen molar-refractivity contribution in [2.45, 2.75) is 103 Å². The number of esters is 1. The maximum Gasteiger partial charge on any atom is 0.305 e. The van der Waals surface area contributed by atoms with Crippen molar-refractivity contribution in [1.82, 2.24) is 0 Å². The average molecular weight is 524 g/mol. The highest BCUT2D eigenvalue weighted by molar-refractivity contribution is 7.45. The summed E-state index contributed by atoms with van der Waals surface area (Å²) in [4.78, 5) is 34.5. The Morgan fingerprint density at radius 2 is 1.37 bits per heavy atom. The second-order valence-electron chi connectivity index (χ2n) is 10.1. The molecule has 9 nitrogen and oxygen atoms in total. The van der Waals surface area contributed by atoms with E-state index in [0.717, 1.165) is 19.3 Å². The molecule has 0 aliphatic rings. The van der Waals surface area contributed by atoms with Gasteiger partial charge in [-0.1, -0.05) is 84.0 Å². The van der Waals surface area contributed by atoms with E-state index in [1.807, 2.05) is 21.1 Å². The van der Waals surface area contributed by atoms with Crippen LogP contribution in [0.25, 0.3) is 0 Å². The van der Waals surface area contributed by atoms with Gasteiger partial charge in [0.05, 0.1) is 27.7 Å². The van der Waals surface area contributed by atoms with Crippen molar-refractivity contribution in [3.8, 4) is 0 Å². The molecule has 0 heterocycles. The highest BCUT2D eigenvalue weighted by Gasteiger charge is 2.19. The van der Waals surface area contributed by atoms with E-state index in [0.29, 0.717) is 11.0 Å². The van der Waals surface area contributed by atoms with Gasteiger partial charge in [0.15, 0.2) is 6.10 Å². The van der Waals surface area contributed by atoms with Gasteiger partial charge in [0.25, 0.3) is 14.3 Å². The van der Waals surface area contributed by atoms with Crippen LogP contribution in [-0.2, 0) is 32.7 Å². The molecule has 0 rings (SSSR count). The van der Waals surface area contributed by atoms with Crippen LogP contribution in [0.5, 0.6) is 0 Å². The monoisotopic (exact) mass is 523 g/mol. The molecule has 0 aromatic carbocycles. The standard InChI is InChI=1S/C25H50NO8P/c1-5-6-7-8-9-10-11-12-13-14-15-16-17-18-25(28)31-21-24(32-23-27)22-34-35(29,30)33-20-19-26(2,3)4/h23-24H,5-22H2,1-4H3. The van der Waals surface area contributed by atoms with E-state index in [4.69, 9.17) is 18.5 Å². The molecule has 2 atom stereocenters. The van der Waals surface area contributed by atoms with Crippen molar-refractivity contribution in [2.24, 2.45) is 0 Å². The topological polar surface area (TPSA) is 111 Å². The molecule has 0 amide bonds. The first kappa shape index (κ1) is 34.0. The van der Waals surface area contributed by atoms with Crippen molar-refractivity contribution >= 4 is 20.3 Å². The molecular weight excluding hydrogens is 473 g/mol. The number of likely N-dealkylation sites (N-methyl/N-ethyl adjacent to an activating group) is 1. The predicted molar refractivity (Wildman–Crippen MR) is 135 cm³/mol. The van der Waals surface area contributed by atoms with E-state index in [-0.39, 0.29) is 26.1 Å². The zero-order chi connectivity index (χ0) is 26.4. The fraction of sp³-hybridized carbons (Fsp3) is 0.920. The van der Waals surface area contributed by atoms with Gasteiger partial charge in [0.1, 0.15) is 19.8 Å². The number of unbranched alkanes of at least 4 members (excludes halogenated alkanes) is 12. The maximum atomic E-state index is 11.9. The van der Waals surface area contributed by atoms with Gasteiger partial charge in [-0.05, 0) is 6.42 Å². The molecule has 0 aliphatic carbocycles. The first-order valence-corrected chi connectivity index (χ1v) is 14.7. The quantitative estimate of drug-likeness (QED) is 0.0554. The number of ether oxygens (including phenoxy) is 2. The molecule has 2 unspecified atom stereocenters. The van der Waals surface area contributed by atoms with E-state index < -0.39 is 26.5 Å². The van der Waals surface area contributed by atoms with Crippen molar-refractivity contribution in [1.29, 1.82) is 0 Å². The maximum absolute atomic E-state index is 11.9. The number of quaternary nitrogens is 1. The van der Waals surface area contributed by atoms with Crippen molar-refractivity contribution in [3.63, 3.8) is 0 Å². The van der Waals surface area contributed by atoms with Gasteiger partial charge in [-0.2, -0.15) is 0 Å². The lowest BCUT2D eigenvalue weighted by Crippen LogP contribution is -2.37. The Morgan fingerprint density at radius 1 is 0.857 bits per heavy atom. The van der Waals surface area contributed by atoms with Gasteiger partial charge in [-0.15, -0.1) is 0 Å². The van der Waals surface area contributed by atoms with Crippen LogP contribution < -0.4 is 4.89 Å². The zero-order valence-corrected chi connectivity index (χ0v) is 23.4. The molecule has 0 saturated heterocycles. The Kier molecular flexibility index (Phi) is 20.5. The Balaban J connectivity index is 3.83. The molecular formula is C25H50NO8P. The Bertz CT molecular complexity index is 582. The van der Waals surface area contributed by atoms with Gasteiger partial charge in [-0.25, -0.2) is 0 Å². The van der Waals surface area contributed by atoms with Gasteiger partial charge in [-0.3, -0.25) is 14.2 Å². The summed E-state index contributed by atoms with van der Waals surface area (Å²) in [5.74, 6) is -0.405. The predicted octanol–water partition coefficient (Wildman–Crippen LogP) is 4.76. The van der Waals surface area contributed by atoms with E-state index in [9.17, 15) is 19.0 Å². The van der Waals surface area contributed by atoms with Crippen molar-refractivity contribution in [3.05, 3.63) is 0 Å². The molecule has 0 fully saturated rings. The highest BCUT2D eigenvalue weighted by Crippen LogP contribution is 2.38. The number of hydrogen-bond donors (Lipinski definition) is 0. The number of phosphoric acid groups is 1. The molecule has 10 heteroatoms. The molecule has 0 aromatic heterocycles. The van der Waals surface area contributed by atoms with Crippen LogP contribution in [0.4, 0.5) is 0 Å². The molecule has 0 aliphatic heterocycles. The summed E-state index contributed by atoms with van der Waals surface area (Å²) < 4.78 is 31.8. The average Bonchev–Trinajstić information content (AvgIpc) is 2.77. The second-order valence-corrected chi connectivity index (χ2v) is 11.5. The lowest BCUT2D eigenvalue weighted by Gasteiger charge is -2.28. The number of rotatable bonds is 25. The fourth-order valence-electron chi connectivity index (χ4n) is 3.39. The zero-order valence-electron chi connectivity index (χ0n) is 22.5.